The minimum atomic E-state index is 0.230. The van der Waals surface area contributed by atoms with E-state index < -0.39 is 0 Å². The number of piperidine rings is 1. The molecule has 1 fully saturated rings. The molecule has 0 radical (unpaired) electrons. The van der Waals surface area contributed by atoms with Crippen LogP contribution in [0.3, 0.4) is 0 Å². The van der Waals surface area contributed by atoms with Gasteiger partial charge < -0.3 is 9.47 Å². The lowest BCUT2D eigenvalue weighted by Gasteiger charge is -2.35. The maximum Gasteiger partial charge on any atom is 0.222 e. The van der Waals surface area contributed by atoms with Crippen LogP contribution in [0, 0.1) is 0 Å². The third-order valence-corrected chi connectivity index (χ3v) is 3.32. The molecular weight excluding hydrogens is 202 g/mol. The molecule has 1 atom stereocenters. The normalized spacial score (nSPS) is 21.1. The van der Waals surface area contributed by atoms with Gasteiger partial charge in [-0.1, -0.05) is 6.92 Å². The Labute approximate surface area is 96.3 Å². The zero-order valence-corrected chi connectivity index (χ0v) is 10.0. The summed E-state index contributed by atoms with van der Waals surface area (Å²) in [6.45, 7) is 2.82. The van der Waals surface area contributed by atoms with Gasteiger partial charge in [0, 0.05) is 20.0 Å². The number of rotatable bonds is 2. The van der Waals surface area contributed by atoms with Gasteiger partial charge in [-0.25, -0.2) is 4.98 Å². The molecule has 0 aromatic carbocycles. The molecule has 1 saturated heterocycles. The largest absolute Gasteiger partial charge is 0.336 e. The SMILES string of the molecule is CCC(=O)N1CCCC[C@@H]1c1cncn1C. The molecule has 0 spiro atoms. The molecular formula is C12H19N3O. The predicted molar refractivity (Wildman–Crippen MR) is 61.8 cm³/mol. The van der Waals surface area contributed by atoms with Crippen LogP contribution >= 0.6 is 0 Å². The van der Waals surface area contributed by atoms with Crippen molar-refractivity contribution >= 4 is 5.91 Å². The third kappa shape index (κ3) is 1.96. The molecule has 2 heterocycles. The van der Waals surface area contributed by atoms with Gasteiger partial charge in [-0.15, -0.1) is 0 Å². The van der Waals surface area contributed by atoms with Gasteiger partial charge in [0.05, 0.1) is 24.3 Å². The van der Waals surface area contributed by atoms with Crippen LogP contribution in [-0.4, -0.2) is 26.9 Å². The summed E-state index contributed by atoms with van der Waals surface area (Å²) in [5.41, 5.74) is 1.15. The van der Waals surface area contributed by atoms with Gasteiger partial charge >= 0.3 is 0 Å². The molecule has 0 bridgehead atoms. The number of hydrogen-bond donors (Lipinski definition) is 0. The molecule has 0 saturated carbocycles. The highest BCUT2D eigenvalue weighted by molar-refractivity contribution is 5.76. The number of carbonyl (C=O) groups is 1. The van der Waals surface area contributed by atoms with E-state index in [1.54, 1.807) is 6.33 Å². The number of carbonyl (C=O) groups excluding carboxylic acids is 1. The molecule has 1 aliphatic rings. The van der Waals surface area contributed by atoms with Gasteiger partial charge in [0.25, 0.3) is 0 Å². The van der Waals surface area contributed by atoms with Crippen LogP contribution in [0.5, 0.6) is 0 Å². The highest BCUT2D eigenvalue weighted by Gasteiger charge is 2.28. The fraction of sp³-hybridized carbons (Fsp3) is 0.667. The number of imidazole rings is 1. The molecule has 0 N–H and O–H groups in total. The van der Waals surface area contributed by atoms with Crippen LogP contribution in [0.4, 0.5) is 0 Å². The van der Waals surface area contributed by atoms with Crippen molar-refractivity contribution in [2.24, 2.45) is 7.05 Å². The Morgan fingerprint density at radius 2 is 2.38 bits per heavy atom. The van der Waals surface area contributed by atoms with Crippen LogP contribution in [0.1, 0.15) is 44.3 Å². The van der Waals surface area contributed by atoms with E-state index in [0.717, 1.165) is 25.1 Å². The number of nitrogens with zero attached hydrogens (tertiary/aromatic N) is 3. The Morgan fingerprint density at radius 3 is 3.00 bits per heavy atom. The summed E-state index contributed by atoms with van der Waals surface area (Å²) in [5, 5.41) is 0. The second kappa shape index (κ2) is 4.68. The third-order valence-electron chi connectivity index (χ3n) is 3.32. The van der Waals surface area contributed by atoms with Crippen LogP contribution in [0.2, 0.25) is 0 Å². The van der Waals surface area contributed by atoms with Crippen LogP contribution in [0.25, 0.3) is 0 Å². The molecule has 1 amide bonds. The minimum Gasteiger partial charge on any atom is -0.336 e. The summed E-state index contributed by atoms with van der Waals surface area (Å²) in [5.74, 6) is 0.255. The van der Waals surface area contributed by atoms with E-state index in [2.05, 4.69) is 4.98 Å². The first-order valence-electron chi connectivity index (χ1n) is 5.99. The van der Waals surface area contributed by atoms with E-state index in [-0.39, 0.29) is 11.9 Å². The van der Waals surface area contributed by atoms with Gasteiger partial charge in [0.1, 0.15) is 0 Å². The van der Waals surface area contributed by atoms with Gasteiger partial charge in [0.2, 0.25) is 5.91 Å². The summed E-state index contributed by atoms with van der Waals surface area (Å²) < 4.78 is 2.02. The zero-order chi connectivity index (χ0) is 11.5. The monoisotopic (exact) mass is 221 g/mol. The average molecular weight is 221 g/mol. The summed E-state index contributed by atoms with van der Waals surface area (Å²) in [6, 6.07) is 0.230. The fourth-order valence-electron chi connectivity index (χ4n) is 2.43. The Hall–Kier alpha value is -1.32. The smallest absolute Gasteiger partial charge is 0.222 e. The lowest BCUT2D eigenvalue weighted by atomic mass is 9.99. The molecule has 0 unspecified atom stereocenters. The van der Waals surface area contributed by atoms with Gasteiger partial charge in [-0.3, -0.25) is 4.79 Å². The molecule has 0 aliphatic carbocycles. The molecule has 16 heavy (non-hydrogen) atoms. The zero-order valence-electron chi connectivity index (χ0n) is 10.0. The van der Waals surface area contributed by atoms with Crippen molar-refractivity contribution in [1.29, 1.82) is 0 Å². The minimum absolute atomic E-state index is 0.230. The molecule has 1 aromatic rings. The average Bonchev–Trinajstić information content (AvgIpc) is 2.74. The van der Waals surface area contributed by atoms with Crippen molar-refractivity contribution in [3.63, 3.8) is 0 Å². The van der Waals surface area contributed by atoms with E-state index in [4.69, 9.17) is 0 Å². The van der Waals surface area contributed by atoms with Crippen LogP contribution < -0.4 is 0 Å². The van der Waals surface area contributed by atoms with E-state index in [1.165, 1.54) is 6.42 Å². The highest BCUT2D eigenvalue weighted by Crippen LogP contribution is 2.30. The summed E-state index contributed by atoms with van der Waals surface area (Å²) in [4.78, 5) is 18.0. The maximum absolute atomic E-state index is 11.9. The quantitative estimate of drug-likeness (QED) is 0.764. The molecule has 1 aliphatic heterocycles. The number of hydrogen-bond acceptors (Lipinski definition) is 2. The molecule has 2 rings (SSSR count). The molecule has 4 heteroatoms. The summed E-state index contributed by atoms with van der Waals surface area (Å²) >= 11 is 0. The number of aromatic nitrogens is 2. The second-order valence-corrected chi connectivity index (χ2v) is 4.38. The molecule has 4 nitrogen and oxygen atoms in total. The first kappa shape index (κ1) is 11.2. The van der Waals surface area contributed by atoms with E-state index in [1.807, 2.05) is 29.6 Å². The first-order valence-corrected chi connectivity index (χ1v) is 5.99. The number of amides is 1. The summed E-state index contributed by atoms with van der Waals surface area (Å²) in [7, 11) is 1.99. The standard InChI is InChI=1S/C12H19N3O/c1-3-12(16)15-7-5-4-6-10(15)11-8-13-9-14(11)2/h8-10H,3-7H2,1-2H3/t10-/m1/s1. The van der Waals surface area contributed by atoms with E-state index >= 15 is 0 Å². The Kier molecular flexibility index (Phi) is 3.27. The fourth-order valence-corrected chi connectivity index (χ4v) is 2.43. The van der Waals surface area contributed by atoms with Crippen molar-refractivity contribution in [2.75, 3.05) is 6.54 Å². The highest BCUT2D eigenvalue weighted by atomic mass is 16.2. The first-order chi connectivity index (χ1) is 7.74. The maximum atomic E-state index is 11.9. The van der Waals surface area contributed by atoms with Crippen molar-refractivity contribution < 1.29 is 4.79 Å². The lowest BCUT2D eigenvalue weighted by Crippen LogP contribution is -2.38. The van der Waals surface area contributed by atoms with Crippen molar-refractivity contribution in [2.45, 2.75) is 38.6 Å². The Balaban J connectivity index is 2.23. The van der Waals surface area contributed by atoms with E-state index in [0.29, 0.717) is 6.42 Å². The lowest BCUT2D eigenvalue weighted by molar-refractivity contribution is -0.134. The Morgan fingerprint density at radius 1 is 1.56 bits per heavy atom. The number of aryl methyl sites for hydroxylation is 1. The topological polar surface area (TPSA) is 38.1 Å². The molecule has 88 valence electrons. The summed E-state index contributed by atoms with van der Waals surface area (Å²) in [6.07, 6.45) is 7.66. The molecule has 1 aromatic heterocycles. The van der Waals surface area contributed by atoms with Crippen LogP contribution in [0.15, 0.2) is 12.5 Å². The van der Waals surface area contributed by atoms with Crippen molar-refractivity contribution in [3.05, 3.63) is 18.2 Å². The Bertz CT molecular complexity index is 372. The van der Waals surface area contributed by atoms with Crippen LogP contribution in [-0.2, 0) is 11.8 Å². The predicted octanol–water partition coefficient (Wildman–Crippen LogP) is 1.88. The van der Waals surface area contributed by atoms with E-state index in [9.17, 15) is 4.79 Å². The number of likely N-dealkylation sites (tertiary alicyclic amines) is 1. The second-order valence-electron chi connectivity index (χ2n) is 4.38. The van der Waals surface area contributed by atoms with Crippen molar-refractivity contribution in [3.8, 4) is 0 Å². The van der Waals surface area contributed by atoms with Crippen molar-refractivity contribution in [1.82, 2.24) is 14.5 Å². The van der Waals surface area contributed by atoms with Gasteiger partial charge in [0.15, 0.2) is 0 Å². The van der Waals surface area contributed by atoms with Gasteiger partial charge in [-0.05, 0) is 19.3 Å². The van der Waals surface area contributed by atoms with Gasteiger partial charge in [-0.2, -0.15) is 0 Å².